The Labute approximate surface area is 142 Å². The predicted octanol–water partition coefficient (Wildman–Crippen LogP) is 3.33. The van der Waals surface area contributed by atoms with Gasteiger partial charge in [-0.25, -0.2) is 8.42 Å². The maximum atomic E-state index is 12.7. The van der Waals surface area contributed by atoms with Crippen molar-refractivity contribution in [3.05, 3.63) is 46.2 Å². The second kappa shape index (κ2) is 6.63. The lowest BCUT2D eigenvalue weighted by Crippen LogP contribution is -2.27. The van der Waals surface area contributed by atoms with Gasteiger partial charge in [0, 0.05) is 36.9 Å². The van der Waals surface area contributed by atoms with Gasteiger partial charge in [0.15, 0.2) is 0 Å². The Bertz CT molecular complexity index is 813. The van der Waals surface area contributed by atoms with Gasteiger partial charge in [-0.15, -0.1) is 0 Å². The summed E-state index contributed by atoms with van der Waals surface area (Å²) < 4.78 is 28.6. The van der Waals surface area contributed by atoms with Crippen molar-refractivity contribution in [1.29, 1.82) is 0 Å². The summed E-state index contributed by atoms with van der Waals surface area (Å²) in [6.45, 7) is 6.33. The maximum absolute atomic E-state index is 12.7. The Morgan fingerprint density at radius 1 is 1.35 bits per heavy atom. The van der Waals surface area contributed by atoms with Gasteiger partial charge in [0.05, 0.1) is 10.6 Å². The Hall–Kier alpha value is -1.37. The molecular weight excluding hydrogens is 334 g/mol. The summed E-state index contributed by atoms with van der Waals surface area (Å²) in [5.74, 6) is 0.262. The second-order valence-corrected chi connectivity index (χ2v) is 8.43. The molecule has 2 aromatic rings. The molecule has 1 aromatic carbocycles. The molecule has 7 heteroatoms. The van der Waals surface area contributed by atoms with Gasteiger partial charge in [-0.2, -0.15) is 9.40 Å². The smallest absolute Gasteiger partial charge is 0.243 e. The highest BCUT2D eigenvalue weighted by molar-refractivity contribution is 7.89. The van der Waals surface area contributed by atoms with Crippen LogP contribution in [0.1, 0.15) is 36.7 Å². The van der Waals surface area contributed by atoms with Crippen LogP contribution in [0.25, 0.3) is 0 Å². The fraction of sp³-hybridized carbons (Fsp3) is 0.438. The van der Waals surface area contributed by atoms with Crippen LogP contribution in [0.15, 0.2) is 29.2 Å². The molecule has 0 unspecified atom stereocenters. The van der Waals surface area contributed by atoms with Crippen LogP contribution in [0.5, 0.6) is 0 Å². The molecule has 0 N–H and O–H groups in total. The van der Waals surface area contributed by atoms with Crippen molar-refractivity contribution in [2.75, 3.05) is 7.05 Å². The van der Waals surface area contributed by atoms with Gasteiger partial charge in [-0.3, -0.25) is 4.68 Å². The van der Waals surface area contributed by atoms with E-state index in [1.54, 1.807) is 25.2 Å². The summed E-state index contributed by atoms with van der Waals surface area (Å²) >= 11 is 5.91. The van der Waals surface area contributed by atoms with Crippen LogP contribution in [0.2, 0.25) is 5.02 Å². The van der Waals surface area contributed by atoms with Crippen LogP contribution in [0.3, 0.4) is 0 Å². The third kappa shape index (κ3) is 3.59. The molecular formula is C16H22ClN3O2S. The van der Waals surface area contributed by atoms with Crippen LogP contribution >= 0.6 is 11.6 Å². The summed E-state index contributed by atoms with van der Waals surface area (Å²) in [6.07, 6.45) is 0. The number of halogens is 1. The van der Waals surface area contributed by atoms with Gasteiger partial charge in [0.25, 0.3) is 0 Å². The topological polar surface area (TPSA) is 55.2 Å². The first kappa shape index (κ1) is 18.0. The third-order valence-electron chi connectivity index (χ3n) is 3.83. The van der Waals surface area contributed by atoms with E-state index < -0.39 is 10.0 Å². The molecule has 0 aliphatic carbocycles. The van der Waals surface area contributed by atoms with E-state index in [1.807, 2.05) is 18.7 Å². The molecule has 5 nitrogen and oxygen atoms in total. The van der Waals surface area contributed by atoms with E-state index >= 15 is 0 Å². The van der Waals surface area contributed by atoms with E-state index in [0.29, 0.717) is 5.02 Å². The van der Waals surface area contributed by atoms with Gasteiger partial charge < -0.3 is 0 Å². The van der Waals surface area contributed by atoms with Gasteiger partial charge in [-0.05, 0) is 31.0 Å². The summed E-state index contributed by atoms with van der Waals surface area (Å²) in [5, 5.41) is 4.83. The van der Waals surface area contributed by atoms with Crippen LogP contribution in [-0.4, -0.2) is 29.6 Å². The molecule has 0 aliphatic heterocycles. The van der Waals surface area contributed by atoms with Crippen molar-refractivity contribution >= 4 is 21.6 Å². The molecule has 0 bridgehead atoms. The summed E-state index contributed by atoms with van der Waals surface area (Å²) in [5.41, 5.74) is 2.86. The SMILES string of the molecule is Cc1nn(C)c(C(C)C)c1CN(C)S(=O)(=O)c1cccc(Cl)c1. The number of rotatable bonds is 5. The zero-order valence-corrected chi connectivity index (χ0v) is 15.6. The monoisotopic (exact) mass is 355 g/mol. The summed E-state index contributed by atoms with van der Waals surface area (Å²) in [4.78, 5) is 0.195. The normalized spacial score (nSPS) is 12.3. The summed E-state index contributed by atoms with van der Waals surface area (Å²) in [7, 11) is -0.135. The van der Waals surface area contributed by atoms with E-state index in [-0.39, 0.29) is 17.4 Å². The van der Waals surface area contributed by atoms with E-state index in [0.717, 1.165) is 17.0 Å². The molecule has 0 saturated heterocycles. The fourth-order valence-corrected chi connectivity index (χ4v) is 4.19. The van der Waals surface area contributed by atoms with Crippen LogP contribution in [-0.2, 0) is 23.6 Å². The van der Waals surface area contributed by atoms with Crippen molar-refractivity contribution < 1.29 is 8.42 Å². The molecule has 0 spiro atoms. The molecule has 0 saturated carbocycles. The van der Waals surface area contributed by atoms with Crippen molar-refractivity contribution in [1.82, 2.24) is 14.1 Å². The molecule has 0 aliphatic rings. The Kier molecular flexibility index (Phi) is 5.18. The van der Waals surface area contributed by atoms with Crippen molar-refractivity contribution in [3.63, 3.8) is 0 Å². The molecule has 0 atom stereocenters. The van der Waals surface area contributed by atoms with Crippen molar-refractivity contribution in [2.45, 2.75) is 38.1 Å². The van der Waals surface area contributed by atoms with E-state index in [9.17, 15) is 8.42 Å². The number of hydrogen-bond donors (Lipinski definition) is 0. The standard InChI is InChI=1S/C16H22ClN3O2S/c1-11(2)16-15(12(3)18-20(16)5)10-19(4)23(21,22)14-8-6-7-13(17)9-14/h6-9,11H,10H2,1-5H3. The highest BCUT2D eigenvalue weighted by Crippen LogP contribution is 2.26. The number of sulfonamides is 1. The van der Waals surface area contributed by atoms with E-state index in [4.69, 9.17) is 11.6 Å². The number of nitrogens with zero attached hydrogens (tertiary/aromatic N) is 3. The van der Waals surface area contributed by atoms with Crippen LogP contribution < -0.4 is 0 Å². The zero-order chi connectivity index (χ0) is 17.4. The second-order valence-electron chi connectivity index (χ2n) is 5.95. The number of benzene rings is 1. The van der Waals surface area contributed by atoms with Gasteiger partial charge in [0.1, 0.15) is 0 Å². The maximum Gasteiger partial charge on any atom is 0.243 e. The minimum Gasteiger partial charge on any atom is -0.272 e. The lowest BCUT2D eigenvalue weighted by molar-refractivity contribution is 0.463. The number of hydrogen-bond acceptors (Lipinski definition) is 3. The molecule has 2 rings (SSSR count). The van der Waals surface area contributed by atoms with Crippen LogP contribution in [0, 0.1) is 6.92 Å². The van der Waals surface area contributed by atoms with E-state index in [1.165, 1.54) is 10.4 Å². The highest BCUT2D eigenvalue weighted by Gasteiger charge is 2.25. The highest BCUT2D eigenvalue weighted by atomic mass is 35.5. The molecule has 0 amide bonds. The van der Waals surface area contributed by atoms with Crippen molar-refractivity contribution in [2.24, 2.45) is 7.05 Å². The first-order chi connectivity index (χ1) is 10.6. The Morgan fingerprint density at radius 3 is 2.57 bits per heavy atom. The molecule has 23 heavy (non-hydrogen) atoms. The third-order valence-corrected chi connectivity index (χ3v) is 5.86. The number of aromatic nitrogens is 2. The lowest BCUT2D eigenvalue weighted by Gasteiger charge is -2.19. The lowest BCUT2D eigenvalue weighted by atomic mass is 10.0. The minimum atomic E-state index is -3.60. The largest absolute Gasteiger partial charge is 0.272 e. The predicted molar refractivity (Wildman–Crippen MR) is 92.1 cm³/mol. The zero-order valence-electron chi connectivity index (χ0n) is 14.0. The molecule has 0 fully saturated rings. The Morgan fingerprint density at radius 2 is 2.00 bits per heavy atom. The molecule has 1 heterocycles. The average Bonchev–Trinajstić information content (AvgIpc) is 2.73. The minimum absolute atomic E-state index is 0.195. The Balaban J connectivity index is 2.38. The van der Waals surface area contributed by atoms with Crippen LogP contribution in [0.4, 0.5) is 0 Å². The number of aryl methyl sites for hydroxylation is 2. The average molecular weight is 356 g/mol. The van der Waals surface area contributed by atoms with Gasteiger partial charge in [0.2, 0.25) is 10.0 Å². The van der Waals surface area contributed by atoms with Crippen molar-refractivity contribution in [3.8, 4) is 0 Å². The van der Waals surface area contributed by atoms with Gasteiger partial charge in [-0.1, -0.05) is 31.5 Å². The molecule has 0 radical (unpaired) electrons. The fourth-order valence-electron chi connectivity index (χ4n) is 2.75. The molecule has 126 valence electrons. The molecule has 1 aromatic heterocycles. The van der Waals surface area contributed by atoms with Gasteiger partial charge >= 0.3 is 0 Å². The quantitative estimate of drug-likeness (QED) is 0.826. The summed E-state index contributed by atoms with van der Waals surface area (Å²) in [6, 6.07) is 6.31. The first-order valence-corrected chi connectivity index (χ1v) is 9.20. The van der Waals surface area contributed by atoms with E-state index in [2.05, 4.69) is 18.9 Å². The first-order valence-electron chi connectivity index (χ1n) is 7.39.